The van der Waals surface area contributed by atoms with E-state index in [4.69, 9.17) is 39.6 Å². The highest BCUT2D eigenvalue weighted by Crippen LogP contribution is 2.26. The van der Waals surface area contributed by atoms with Crippen molar-refractivity contribution in [2.24, 2.45) is 5.16 Å². The lowest BCUT2D eigenvalue weighted by molar-refractivity contribution is 0.0590. The molecule has 0 fully saturated rings. The molecule has 0 radical (unpaired) electrons. The molecule has 2 aromatic carbocycles. The summed E-state index contributed by atoms with van der Waals surface area (Å²) in [4.78, 5) is 19.8. The van der Waals surface area contributed by atoms with Crippen molar-refractivity contribution in [2.45, 2.75) is 26.0 Å². The number of rotatable bonds is 6. The number of hydrogen-bond donors (Lipinski definition) is 1. The van der Waals surface area contributed by atoms with Crippen molar-refractivity contribution >= 4 is 46.5 Å². The first-order valence-electron chi connectivity index (χ1n) is 8.91. The van der Waals surface area contributed by atoms with Gasteiger partial charge in [0, 0.05) is 30.1 Å². The average Bonchev–Trinajstić information content (AvgIpc) is 3.12. The minimum absolute atomic E-state index is 0.158. The molecule has 0 saturated heterocycles. The summed E-state index contributed by atoms with van der Waals surface area (Å²) in [5.74, 6) is 0. The maximum Gasteiger partial charge on any atom is 0.317 e. The van der Waals surface area contributed by atoms with Gasteiger partial charge in [0.15, 0.2) is 6.10 Å². The van der Waals surface area contributed by atoms with Gasteiger partial charge in [0.1, 0.15) is 0 Å². The SMILES string of the molecule is CCNC(=O)N(Cc1cccc(Cl)c1)C[C@@H]1CC(c2ccc(Cl)c(Cl)c2)=NO1. The fourth-order valence-corrected chi connectivity index (χ4v) is 3.47. The topological polar surface area (TPSA) is 53.9 Å². The highest BCUT2D eigenvalue weighted by Gasteiger charge is 2.27. The second-order valence-electron chi connectivity index (χ2n) is 6.44. The van der Waals surface area contributed by atoms with Gasteiger partial charge in [0.25, 0.3) is 0 Å². The van der Waals surface area contributed by atoms with Crippen LogP contribution in [0.1, 0.15) is 24.5 Å². The quantitative estimate of drug-likeness (QED) is 0.656. The van der Waals surface area contributed by atoms with Crippen LogP contribution in [0.15, 0.2) is 47.6 Å². The Labute approximate surface area is 179 Å². The van der Waals surface area contributed by atoms with E-state index in [9.17, 15) is 4.79 Å². The molecule has 0 bridgehead atoms. The molecule has 28 heavy (non-hydrogen) atoms. The van der Waals surface area contributed by atoms with E-state index in [1.54, 1.807) is 23.1 Å². The minimum Gasteiger partial charge on any atom is -0.390 e. The van der Waals surface area contributed by atoms with Gasteiger partial charge in [-0.25, -0.2) is 4.79 Å². The minimum atomic E-state index is -0.244. The fourth-order valence-electron chi connectivity index (χ4n) is 2.96. The highest BCUT2D eigenvalue weighted by molar-refractivity contribution is 6.42. The summed E-state index contributed by atoms with van der Waals surface area (Å²) in [6.45, 7) is 3.25. The number of nitrogens with zero attached hydrogens (tertiary/aromatic N) is 2. The predicted octanol–water partition coefficient (Wildman–Crippen LogP) is 5.37. The van der Waals surface area contributed by atoms with Gasteiger partial charge in [0.2, 0.25) is 0 Å². The molecule has 2 aromatic rings. The molecule has 2 amide bonds. The lowest BCUT2D eigenvalue weighted by atomic mass is 10.0. The van der Waals surface area contributed by atoms with E-state index in [0.717, 1.165) is 16.8 Å². The molecular weight excluding hydrogens is 421 g/mol. The summed E-state index contributed by atoms with van der Waals surface area (Å²) >= 11 is 18.1. The van der Waals surface area contributed by atoms with Gasteiger partial charge >= 0.3 is 6.03 Å². The largest absolute Gasteiger partial charge is 0.390 e. The molecule has 3 rings (SSSR count). The number of carbonyl (C=O) groups is 1. The molecule has 0 aliphatic carbocycles. The van der Waals surface area contributed by atoms with Crippen LogP contribution in [0.2, 0.25) is 15.1 Å². The Morgan fingerprint density at radius 2 is 2.04 bits per heavy atom. The highest BCUT2D eigenvalue weighted by atomic mass is 35.5. The Kier molecular flexibility index (Phi) is 7.05. The number of benzene rings is 2. The summed E-state index contributed by atoms with van der Waals surface area (Å²) in [5.41, 5.74) is 2.58. The Morgan fingerprint density at radius 1 is 1.21 bits per heavy atom. The van der Waals surface area contributed by atoms with Crippen molar-refractivity contribution in [3.63, 3.8) is 0 Å². The van der Waals surface area contributed by atoms with Crippen LogP contribution >= 0.6 is 34.8 Å². The first kappa shape index (κ1) is 20.8. The molecule has 0 unspecified atom stereocenters. The number of nitrogens with one attached hydrogen (secondary N) is 1. The normalized spacial score (nSPS) is 15.7. The molecular formula is C20H20Cl3N3O2. The van der Waals surface area contributed by atoms with Crippen LogP contribution in [0.5, 0.6) is 0 Å². The van der Waals surface area contributed by atoms with Gasteiger partial charge in [-0.1, -0.05) is 58.2 Å². The first-order chi connectivity index (χ1) is 13.5. The van der Waals surface area contributed by atoms with Crippen LogP contribution in [0.3, 0.4) is 0 Å². The third-order valence-corrected chi connectivity index (χ3v) is 5.26. The fraction of sp³-hybridized carbons (Fsp3) is 0.300. The maximum atomic E-state index is 12.5. The Bertz CT molecular complexity index is 889. The molecule has 1 atom stereocenters. The van der Waals surface area contributed by atoms with Crippen LogP contribution < -0.4 is 5.32 Å². The Hall–Kier alpha value is -1.95. The van der Waals surface area contributed by atoms with Crippen molar-refractivity contribution in [3.05, 3.63) is 68.7 Å². The zero-order valence-electron chi connectivity index (χ0n) is 15.3. The van der Waals surface area contributed by atoms with Crippen molar-refractivity contribution in [1.82, 2.24) is 10.2 Å². The smallest absolute Gasteiger partial charge is 0.317 e. The monoisotopic (exact) mass is 439 g/mol. The molecule has 1 aliphatic rings. The first-order valence-corrected chi connectivity index (χ1v) is 10.0. The van der Waals surface area contributed by atoms with E-state index in [1.165, 1.54) is 0 Å². The van der Waals surface area contributed by atoms with Crippen LogP contribution in [-0.4, -0.2) is 35.8 Å². The summed E-state index contributed by atoms with van der Waals surface area (Å²) < 4.78 is 0. The zero-order chi connectivity index (χ0) is 20.1. The van der Waals surface area contributed by atoms with Gasteiger partial charge < -0.3 is 15.1 Å². The number of carbonyl (C=O) groups excluding carboxylic acids is 1. The summed E-state index contributed by atoms with van der Waals surface area (Å²) in [6, 6.07) is 12.6. The molecule has 0 spiro atoms. The van der Waals surface area contributed by atoms with Gasteiger partial charge in [-0.15, -0.1) is 0 Å². The van der Waals surface area contributed by atoms with E-state index < -0.39 is 0 Å². The third kappa shape index (κ3) is 5.31. The van der Waals surface area contributed by atoms with E-state index in [0.29, 0.717) is 41.1 Å². The number of amides is 2. The number of oxime groups is 1. The van der Waals surface area contributed by atoms with Crippen molar-refractivity contribution < 1.29 is 9.63 Å². The lowest BCUT2D eigenvalue weighted by Gasteiger charge is -2.25. The number of hydrogen-bond acceptors (Lipinski definition) is 3. The zero-order valence-corrected chi connectivity index (χ0v) is 17.6. The summed E-state index contributed by atoms with van der Waals surface area (Å²) in [5, 5.41) is 8.61. The molecule has 0 saturated carbocycles. The van der Waals surface area contributed by atoms with E-state index in [2.05, 4.69) is 10.5 Å². The Balaban J connectivity index is 1.67. The third-order valence-electron chi connectivity index (χ3n) is 4.29. The van der Waals surface area contributed by atoms with Gasteiger partial charge in [-0.05, 0) is 36.8 Å². The van der Waals surface area contributed by atoms with E-state index >= 15 is 0 Å². The molecule has 1 aliphatic heterocycles. The average molecular weight is 441 g/mol. The molecule has 1 heterocycles. The Morgan fingerprint density at radius 3 is 2.75 bits per heavy atom. The molecule has 1 N–H and O–H groups in total. The standard InChI is InChI=1S/C20H20Cl3N3O2/c1-2-24-20(27)26(11-13-4-3-5-15(21)8-13)12-16-10-19(25-28-16)14-6-7-17(22)18(23)9-14/h3-9,16H,2,10-12H2,1H3,(H,24,27)/t16-/m0/s1. The second-order valence-corrected chi connectivity index (χ2v) is 7.70. The van der Waals surface area contributed by atoms with Crippen molar-refractivity contribution in [1.29, 1.82) is 0 Å². The number of urea groups is 1. The molecule has 8 heteroatoms. The van der Waals surface area contributed by atoms with Crippen LogP contribution in [0.25, 0.3) is 0 Å². The van der Waals surface area contributed by atoms with Crippen LogP contribution in [-0.2, 0) is 11.4 Å². The molecule has 0 aromatic heterocycles. The molecule has 148 valence electrons. The lowest BCUT2D eigenvalue weighted by Crippen LogP contribution is -2.43. The van der Waals surface area contributed by atoms with Crippen LogP contribution in [0, 0.1) is 0 Å². The van der Waals surface area contributed by atoms with E-state index in [-0.39, 0.29) is 12.1 Å². The van der Waals surface area contributed by atoms with Crippen LogP contribution in [0.4, 0.5) is 4.79 Å². The van der Waals surface area contributed by atoms with Crippen molar-refractivity contribution in [2.75, 3.05) is 13.1 Å². The second kappa shape index (κ2) is 9.50. The van der Waals surface area contributed by atoms with Crippen molar-refractivity contribution in [3.8, 4) is 0 Å². The number of halogens is 3. The maximum absolute atomic E-state index is 12.5. The van der Waals surface area contributed by atoms with Gasteiger partial charge in [-0.3, -0.25) is 0 Å². The predicted molar refractivity (Wildman–Crippen MR) is 113 cm³/mol. The van der Waals surface area contributed by atoms with Gasteiger partial charge in [-0.2, -0.15) is 0 Å². The van der Waals surface area contributed by atoms with Gasteiger partial charge in [0.05, 0.1) is 22.3 Å². The summed E-state index contributed by atoms with van der Waals surface area (Å²) in [6.07, 6.45) is 0.329. The summed E-state index contributed by atoms with van der Waals surface area (Å²) in [7, 11) is 0. The molecule has 5 nitrogen and oxygen atoms in total. The van der Waals surface area contributed by atoms with E-state index in [1.807, 2.05) is 31.2 Å².